The average Bonchev–Trinajstić information content (AvgIpc) is 2.47. The van der Waals surface area contributed by atoms with Gasteiger partial charge in [-0.05, 0) is 17.5 Å². The molecule has 0 aliphatic carbocycles. The van der Waals surface area contributed by atoms with Crippen molar-refractivity contribution in [3.05, 3.63) is 42.0 Å². The number of hydrogen-bond acceptors (Lipinski definition) is 3. The summed E-state index contributed by atoms with van der Waals surface area (Å²) in [7, 11) is 0. The Balaban J connectivity index is 2.15. The zero-order valence-electron chi connectivity index (χ0n) is 10.7. The van der Waals surface area contributed by atoms with Gasteiger partial charge in [0, 0.05) is 41.2 Å². The molecule has 3 N–H and O–H groups in total. The summed E-state index contributed by atoms with van der Waals surface area (Å²) >= 11 is 2.01. The highest BCUT2D eigenvalue weighted by atomic mass is 32.2. The Morgan fingerprint density at radius 2 is 1.74 bits per heavy atom. The number of hydrogen-bond donors (Lipinski definition) is 2. The molecule has 2 aromatic rings. The molecule has 0 atom stereocenters. The molecule has 3 nitrogen and oxygen atoms in total. The lowest BCUT2D eigenvalue weighted by atomic mass is 10.0. The van der Waals surface area contributed by atoms with Crippen LogP contribution in [0.15, 0.2) is 36.4 Å². The fourth-order valence-corrected chi connectivity index (χ4v) is 3.50. The van der Waals surface area contributed by atoms with Crippen LogP contribution >= 0.6 is 11.8 Å². The second-order valence-corrected chi connectivity index (χ2v) is 5.92. The molecule has 0 radical (unpaired) electrons. The van der Waals surface area contributed by atoms with E-state index in [0.717, 1.165) is 24.0 Å². The van der Waals surface area contributed by atoms with E-state index in [1.54, 1.807) is 0 Å². The maximum Gasteiger partial charge on any atom is 0.123 e. The van der Waals surface area contributed by atoms with Crippen LogP contribution in [-0.4, -0.2) is 30.4 Å². The van der Waals surface area contributed by atoms with Gasteiger partial charge in [0.25, 0.3) is 0 Å². The number of fused-ring (bicyclic) bond motifs is 1. The van der Waals surface area contributed by atoms with E-state index in [1.165, 1.54) is 22.6 Å². The van der Waals surface area contributed by atoms with Crippen molar-refractivity contribution >= 4 is 34.1 Å². The third-order valence-corrected chi connectivity index (χ3v) is 4.49. The van der Waals surface area contributed by atoms with Crippen molar-refractivity contribution in [2.24, 2.45) is 5.73 Å². The molecule has 19 heavy (non-hydrogen) atoms. The molecule has 0 amide bonds. The zero-order valence-corrected chi connectivity index (χ0v) is 11.5. The molecule has 0 unspecified atom stereocenters. The summed E-state index contributed by atoms with van der Waals surface area (Å²) in [5.41, 5.74) is 7.76. The molecule has 98 valence electrons. The Hall–Kier alpha value is -1.68. The highest BCUT2D eigenvalue weighted by Gasteiger charge is 2.15. The van der Waals surface area contributed by atoms with Gasteiger partial charge in [0.1, 0.15) is 5.84 Å². The Morgan fingerprint density at radius 1 is 1.05 bits per heavy atom. The Morgan fingerprint density at radius 3 is 2.42 bits per heavy atom. The maximum atomic E-state index is 7.69. The van der Waals surface area contributed by atoms with Crippen molar-refractivity contribution < 1.29 is 0 Å². The number of rotatable bonds is 2. The van der Waals surface area contributed by atoms with E-state index < -0.39 is 0 Å². The van der Waals surface area contributed by atoms with E-state index in [2.05, 4.69) is 23.1 Å². The molecule has 1 fully saturated rings. The average molecular weight is 271 g/mol. The van der Waals surface area contributed by atoms with E-state index >= 15 is 0 Å². The largest absolute Gasteiger partial charge is 0.384 e. The van der Waals surface area contributed by atoms with Crippen molar-refractivity contribution in [3.63, 3.8) is 0 Å². The monoisotopic (exact) mass is 271 g/mol. The first kappa shape index (κ1) is 12.4. The number of nitrogens with two attached hydrogens (primary N) is 1. The molecule has 1 heterocycles. The Kier molecular flexibility index (Phi) is 3.34. The Bertz CT molecular complexity index is 618. The second-order valence-electron chi connectivity index (χ2n) is 4.69. The van der Waals surface area contributed by atoms with Crippen LogP contribution in [0.2, 0.25) is 0 Å². The summed E-state index contributed by atoms with van der Waals surface area (Å²) in [4.78, 5) is 2.43. The predicted octanol–water partition coefficient (Wildman–Crippen LogP) is 2.68. The molecule has 1 aliphatic rings. The quantitative estimate of drug-likeness (QED) is 0.652. The third kappa shape index (κ3) is 2.28. The van der Waals surface area contributed by atoms with Crippen molar-refractivity contribution in [1.82, 2.24) is 0 Å². The topological polar surface area (TPSA) is 53.1 Å². The Labute approximate surface area is 117 Å². The van der Waals surface area contributed by atoms with Crippen molar-refractivity contribution in [2.45, 2.75) is 0 Å². The van der Waals surface area contributed by atoms with Crippen molar-refractivity contribution in [3.8, 4) is 0 Å². The lowest BCUT2D eigenvalue weighted by molar-refractivity contribution is 0.863. The zero-order chi connectivity index (χ0) is 13.2. The van der Waals surface area contributed by atoms with Gasteiger partial charge >= 0.3 is 0 Å². The number of benzene rings is 2. The predicted molar refractivity (Wildman–Crippen MR) is 84.5 cm³/mol. The first-order valence-corrected chi connectivity index (χ1v) is 7.61. The molecular weight excluding hydrogens is 254 g/mol. The van der Waals surface area contributed by atoms with E-state index in [1.807, 2.05) is 30.0 Å². The van der Waals surface area contributed by atoms with E-state index in [4.69, 9.17) is 11.1 Å². The van der Waals surface area contributed by atoms with Gasteiger partial charge in [-0.15, -0.1) is 0 Å². The number of nitrogen functional groups attached to an aromatic ring is 1. The van der Waals surface area contributed by atoms with Crippen LogP contribution in [0.25, 0.3) is 10.8 Å². The number of nitrogens with one attached hydrogen (secondary N) is 1. The summed E-state index contributed by atoms with van der Waals surface area (Å²) in [6.45, 7) is 2.18. The highest BCUT2D eigenvalue weighted by molar-refractivity contribution is 7.99. The summed E-state index contributed by atoms with van der Waals surface area (Å²) in [6, 6.07) is 12.3. The lowest BCUT2D eigenvalue weighted by Crippen LogP contribution is -2.32. The van der Waals surface area contributed by atoms with E-state index in [-0.39, 0.29) is 5.84 Å². The summed E-state index contributed by atoms with van der Waals surface area (Å²) in [5, 5.41) is 9.96. The van der Waals surface area contributed by atoms with Crippen LogP contribution in [0, 0.1) is 5.41 Å². The van der Waals surface area contributed by atoms with Crippen LogP contribution in [0.5, 0.6) is 0 Å². The van der Waals surface area contributed by atoms with E-state index in [0.29, 0.717) is 0 Å². The molecule has 2 aromatic carbocycles. The van der Waals surface area contributed by atoms with Gasteiger partial charge in [0.2, 0.25) is 0 Å². The molecule has 1 saturated heterocycles. The van der Waals surface area contributed by atoms with Crippen molar-refractivity contribution in [2.75, 3.05) is 29.5 Å². The van der Waals surface area contributed by atoms with Gasteiger partial charge in [-0.3, -0.25) is 5.41 Å². The number of amidine groups is 1. The maximum absolute atomic E-state index is 7.69. The molecule has 3 rings (SSSR count). The van der Waals surface area contributed by atoms with Gasteiger partial charge in [-0.25, -0.2) is 0 Å². The second kappa shape index (κ2) is 5.13. The third-order valence-electron chi connectivity index (χ3n) is 3.54. The summed E-state index contributed by atoms with van der Waals surface area (Å²) in [6.07, 6.45) is 0. The van der Waals surface area contributed by atoms with Crippen LogP contribution in [0.3, 0.4) is 0 Å². The van der Waals surface area contributed by atoms with Crippen LogP contribution in [0.1, 0.15) is 5.56 Å². The number of nitrogens with zero attached hydrogens (tertiary/aromatic N) is 1. The first-order valence-electron chi connectivity index (χ1n) is 6.46. The minimum atomic E-state index is 0.136. The van der Waals surface area contributed by atoms with Crippen LogP contribution in [-0.2, 0) is 0 Å². The normalized spacial score (nSPS) is 15.7. The molecular formula is C15H17N3S. The number of anilines is 1. The minimum Gasteiger partial charge on any atom is -0.384 e. The number of thioether (sulfide) groups is 1. The standard InChI is InChI=1S/C15H17N3S/c16-15(17)13-5-6-14(18-7-9-19-10-8-18)12-4-2-1-3-11(12)13/h1-6H,7-10H2,(H3,16,17). The molecule has 0 spiro atoms. The van der Waals surface area contributed by atoms with Gasteiger partial charge in [0.15, 0.2) is 0 Å². The van der Waals surface area contributed by atoms with Crippen LogP contribution in [0.4, 0.5) is 5.69 Å². The summed E-state index contributed by atoms with van der Waals surface area (Å²) in [5.74, 6) is 2.50. The molecule has 1 aliphatic heterocycles. The first-order chi connectivity index (χ1) is 9.27. The van der Waals surface area contributed by atoms with Gasteiger partial charge in [-0.2, -0.15) is 11.8 Å². The van der Waals surface area contributed by atoms with Gasteiger partial charge in [-0.1, -0.05) is 24.3 Å². The molecule has 0 aromatic heterocycles. The molecule has 0 saturated carbocycles. The van der Waals surface area contributed by atoms with E-state index in [9.17, 15) is 0 Å². The molecule has 4 heteroatoms. The minimum absolute atomic E-state index is 0.136. The molecule has 0 bridgehead atoms. The fraction of sp³-hybridized carbons (Fsp3) is 0.267. The fourth-order valence-electron chi connectivity index (χ4n) is 2.60. The highest BCUT2D eigenvalue weighted by Crippen LogP contribution is 2.30. The van der Waals surface area contributed by atoms with Crippen LogP contribution < -0.4 is 10.6 Å². The SMILES string of the molecule is N=C(N)c1ccc(N2CCSCC2)c2ccccc12. The lowest BCUT2D eigenvalue weighted by Gasteiger charge is -2.30. The van der Waals surface area contributed by atoms with Gasteiger partial charge in [0.05, 0.1) is 0 Å². The van der Waals surface area contributed by atoms with Gasteiger partial charge < -0.3 is 10.6 Å². The summed E-state index contributed by atoms with van der Waals surface area (Å²) < 4.78 is 0. The van der Waals surface area contributed by atoms with Crippen molar-refractivity contribution in [1.29, 1.82) is 5.41 Å². The smallest absolute Gasteiger partial charge is 0.123 e.